The van der Waals surface area contributed by atoms with Gasteiger partial charge in [0, 0.05) is 6.54 Å². The molecule has 0 atom stereocenters. The van der Waals surface area contributed by atoms with Crippen LogP contribution in [0.1, 0.15) is 26.2 Å². The fourth-order valence-electron chi connectivity index (χ4n) is 0.810. The highest BCUT2D eigenvalue weighted by Crippen LogP contribution is 1.93. The van der Waals surface area contributed by atoms with E-state index in [2.05, 4.69) is 12.2 Å². The summed E-state index contributed by atoms with van der Waals surface area (Å²) in [6, 6.07) is 1.59. The van der Waals surface area contributed by atoms with Gasteiger partial charge in [0.2, 0.25) is 0 Å². The average molecular weight is 182 g/mol. The van der Waals surface area contributed by atoms with Gasteiger partial charge < -0.3 is 10.4 Å². The molecule has 4 nitrogen and oxygen atoms in total. The molecule has 0 unspecified atom stereocenters. The van der Waals surface area contributed by atoms with Gasteiger partial charge in [-0.05, 0) is 6.42 Å². The lowest BCUT2D eigenvalue weighted by molar-refractivity contribution is -0.117. The standard InChI is InChI=1S/C9H14N2O2/c1-2-3-4-5-11-9(13)8(6-10)7-12/h7,12H,2-5H2,1H3,(H,11,13). The summed E-state index contributed by atoms with van der Waals surface area (Å²) in [5.74, 6) is -0.513. The number of carbonyl (C=O) groups excluding carboxylic acids is 1. The number of amides is 1. The van der Waals surface area contributed by atoms with Crippen molar-refractivity contribution < 1.29 is 9.90 Å². The van der Waals surface area contributed by atoms with Crippen molar-refractivity contribution in [1.82, 2.24) is 5.32 Å². The predicted octanol–water partition coefficient (Wildman–Crippen LogP) is 1.26. The normalized spacial score (nSPS) is 10.6. The Morgan fingerprint density at radius 2 is 2.31 bits per heavy atom. The summed E-state index contributed by atoms with van der Waals surface area (Å²) in [6.45, 7) is 2.61. The molecule has 4 heteroatoms. The molecule has 13 heavy (non-hydrogen) atoms. The first-order chi connectivity index (χ1) is 6.26. The Balaban J connectivity index is 3.70. The molecule has 0 spiro atoms. The Kier molecular flexibility index (Phi) is 6.34. The number of nitrogens with zero attached hydrogens (tertiary/aromatic N) is 1. The molecule has 0 bridgehead atoms. The summed E-state index contributed by atoms with van der Waals surface area (Å²) in [7, 11) is 0. The molecule has 0 rings (SSSR count). The SMILES string of the molecule is CCCCCNC(=O)C(C#N)=CO. The molecule has 0 fully saturated rings. The smallest absolute Gasteiger partial charge is 0.265 e. The van der Waals surface area contributed by atoms with E-state index in [0.717, 1.165) is 19.3 Å². The number of nitriles is 1. The zero-order valence-corrected chi connectivity index (χ0v) is 7.71. The maximum atomic E-state index is 11.0. The van der Waals surface area contributed by atoms with Crippen LogP contribution in [0.15, 0.2) is 11.8 Å². The first-order valence-corrected chi connectivity index (χ1v) is 4.29. The van der Waals surface area contributed by atoms with Gasteiger partial charge in [-0.15, -0.1) is 0 Å². The van der Waals surface area contributed by atoms with Gasteiger partial charge >= 0.3 is 0 Å². The first-order valence-electron chi connectivity index (χ1n) is 4.29. The number of nitrogens with one attached hydrogen (secondary N) is 1. The Bertz CT molecular complexity index is 228. The molecule has 0 aliphatic heterocycles. The highest BCUT2D eigenvalue weighted by molar-refractivity contribution is 5.96. The molecule has 0 aromatic heterocycles. The minimum absolute atomic E-state index is 0.253. The Morgan fingerprint density at radius 1 is 1.62 bits per heavy atom. The molecule has 0 aliphatic carbocycles. The maximum Gasteiger partial charge on any atom is 0.265 e. The molecule has 0 saturated carbocycles. The highest BCUT2D eigenvalue weighted by atomic mass is 16.2. The van der Waals surface area contributed by atoms with Crippen LogP contribution in [0.4, 0.5) is 0 Å². The molecule has 1 amide bonds. The highest BCUT2D eigenvalue weighted by Gasteiger charge is 2.06. The van der Waals surface area contributed by atoms with E-state index in [1.807, 2.05) is 0 Å². The van der Waals surface area contributed by atoms with Gasteiger partial charge in [0.05, 0.1) is 0 Å². The van der Waals surface area contributed by atoms with Crippen molar-refractivity contribution in [3.8, 4) is 6.07 Å². The van der Waals surface area contributed by atoms with Crippen molar-refractivity contribution in [3.63, 3.8) is 0 Å². The van der Waals surface area contributed by atoms with Crippen molar-refractivity contribution in [1.29, 1.82) is 5.26 Å². The van der Waals surface area contributed by atoms with E-state index in [4.69, 9.17) is 10.4 Å². The van der Waals surface area contributed by atoms with Gasteiger partial charge in [-0.1, -0.05) is 19.8 Å². The van der Waals surface area contributed by atoms with Gasteiger partial charge in [0.1, 0.15) is 12.3 Å². The van der Waals surface area contributed by atoms with Crippen LogP contribution in [-0.4, -0.2) is 17.6 Å². The number of rotatable bonds is 5. The van der Waals surface area contributed by atoms with Crippen LogP contribution >= 0.6 is 0 Å². The molecule has 0 aromatic carbocycles. The Hall–Kier alpha value is -1.50. The first kappa shape index (κ1) is 11.5. The van der Waals surface area contributed by atoms with Crippen LogP contribution in [0.5, 0.6) is 0 Å². The molecule has 0 heterocycles. The zero-order chi connectivity index (χ0) is 10.1. The number of hydrogen-bond donors (Lipinski definition) is 2. The minimum Gasteiger partial charge on any atom is -0.514 e. The van der Waals surface area contributed by atoms with Gasteiger partial charge in [-0.3, -0.25) is 4.79 Å². The van der Waals surface area contributed by atoms with E-state index in [9.17, 15) is 4.79 Å². The van der Waals surface area contributed by atoms with E-state index < -0.39 is 5.91 Å². The second-order valence-corrected chi connectivity index (χ2v) is 2.62. The molecule has 0 aliphatic rings. The van der Waals surface area contributed by atoms with Crippen molar-refractivity contribution in [3.05, 3.63) is 11.8 Å². The van der Waals surface area contributed by atoms with E-state index >= 15 is 0 Å². The number of hydrogen-bond acceptors (Lipinski definition) is 3. The van der Waals surface area contributed by atoms with Crippen LogP contribution in [-0.2, 0) is 4.79 Å². The maximum absolute atomic E-state index is 11.0. The number of aliphatic hydroxyl groups is 1. The van der Waals surface area contributed by atoms with Gasteiger partial charge in [-0.25, -0.2) is 0 Å². The number of unbranched alkanes of at least 4 members (excludes halogenated alkanes) is 2. The number of carbonyl (C=O) groups is 1. The third-order valence-electron chi connectivity index (χ3n) is 1.56. The third-order valence-corrected chi connectivity index (χ3v) is 1.56. The summed E-state index contributed by atoms with van der Waals surface area (Å²) < 4.78 is 0. The zero-order valence-electron chi connectivity index (χ0n) is 7.71. The summed E-state index contributed by atoms with van der Waals surface area (Å²) in [4.78, 5) is 11.0. The molecular formula is C9H14N2O2. The topological polar surface area (TPSA) is 73.1 Å². The van der Waals surface area contributed by atoms with Crippen molar-refractivity contribution in [2.24, 2.45) is 0 Å². The molecule has 72 valence electrons. The van der Waals surface area contributed by atoms with Crippen molar-refractivity contribution in [2.45, 2.75) is 26.2 Å². The molecule has 0 saturated heterocycles. The van der Waals surface area contributed by atoms with E-state index in [1.54, 1.807) is 6.07 Å². The average Bonchev–Trinajstić information content (AvgIpc) is 2.14. The second kappa shape index (κ2) is 7.17. The lowest BCUT2D eigenvalue weighted by atomic mass is 10.2. The molecular weight excluding hydrogens is 168 g/mol. The second-order valence-electron chi connectivity index (χ2n) is 2.62. The van der Waals surface area contributed by atoms with Crippen LogP contribution < -0.4 is 5.32 Å². The fourth-order valence-corrected chi connectivity index (χ4v) is 0.810. The van der Waals surface area contributed by atoms with Crippen LogP contribution in [0.3, 0.4) is 0 Å². The number of aliphatic hydroxyl groups excluding tert-OH is 1. The van der Waals surface area contributed by atoms with E-state index in [-0.39, 0.29) is 5.57 Å². The minimum atomic E-state index is -0.513. The van der Waals surface area contributed by atoms with Crippen LogP contribution in [0.2, 0.25) is 0 Å². The monoisotopic (exact) mass is 182 g/mol. The summed E-state index contributed by atoms with van der Waals surface area (Å²) in [5, 5.41) is 19.3. The quantitative estimate of drug-likeness (QED) is 0.291. The molecule has 0 aromatic rings. The third kappa shape index (κ3) is 4.86. The lowest BCUT2D eigenvalue weighted by Crippen LogP contribution is -2.25. The van der Waals surface area contributed by atoms with Crippen LogP contribution in [0, 0.1) is 11.3 Å². The van der Waals surface area contributed by atoms with Crippen LogP contribution in [0.25, 0.3) is 0 Å². The summed E-state index contributed by atoms with van der Waals surface area (Å²) in [5.41, 5.74) is -0.253. The van der Waals surface area contributed by atoms with Gasteiger partial charge in [-0.2, -0.15) is 5.26 Å². The predicted molar refractivity (Wildman–Crippen MR) is 48.9 cm³/mol. The fraction of sp³-hybridized carbons (Fsp3) is 0.556. The summed E-state index contributed by atoms with van der Waals surface area (Å²) >= 11 is 0. The summed E-state index contributed by atoms with van der Waals surface area (Å²) in [6.07, 6.45) is 3.54. The van der Waals surface area contributed by atoms with Gasteiger partial charge in [0.15, 0.2) is 5.57 Å². The molecule has 2 N–H and O–H groups in total. The Labute approximate surface area is 77.9 Å². The lowest BCUT2D eigenvalue weighted by Gasteiger charge is -2.01. The molecule has 0 radical (unpaired) electrons. The van der Waals surface area contributed by atoms with E-state index in [0.29, 0.717) is 12.8 Å². The van der Waals surface area contributed by atoms with Crippen molar-refractivity contribution >= 4 is 5.91 Å². The van der Waals surface area contributed by atoms with E-state index in [1.165, 1.54) is 0 Å². The van der Waals surface area contributed by atoms with Crippen molar-refractivity contribution in [2.75, 3.05) is 6.54 Å². The Morgan fingerprint density at radius 3 is 2.77 bits per heavy atom. The van der Waals surface area contributed by atoms with Gasteiger partial charge in [0.25, 0.3) is 5.91 Å². The largest absolute Gasteiger partial charge is 0.514 e.